The quantitative estimate of drug-likeness (QED) is 0.182. The Hall–Kier alpha value is -4.79. The molecule has 2 aliphatic heterocycles. The Morgan fingerprint density at radius 1 is 0.960 bits per heavy atom. The number of aryl methyl sites for hydroxylation is 1. The van der Waals surface area contributed by atoms with Crippen LogP contribution in [0.2, 0.25) is 0 Å². The highest BCUT2D eigenvalue weighted by atomic mass is 16.7. The van der Waals surface area contributed by atoms with Crippen LogP contribution in [-0.4, -0.2) is 59.8 Å². The molecule has 0 bridgehead atoms. The van der Waals surface area contributed by atoms with Gasteiger partial charge in [0.15, 0.2) is 0 Å². The predicted octanol–water partition coefficient (Wildman–Crippen LogP) is 7.53. The molecule has 262 valence electrons. The number of rotatable bonds is 12. The van der Waals surface area contributed by atoms with E-state index in [0.717, 1.165) is 90.6 Å². The minimum atomic E-state index is -0.942. The third-order valence-electron chi connectivity index (χ3n) is 10.4. The molecular formula is C41H47N3O6. The van der Waals surface area contributed by atoms with Gasteiger partial charge in [0.25, 0.3) is 11.8 Å². The first-order valence-electron chi connectivity index (χ1n) is 18.0. The molecule has 50 heavy (non-hydrogen) atoms. The number of hydroxylamine groups is 2. The smallest absolute Gasteiger partial charge is 0.336 e. The summed E-state index contributed by atoms with van der Waals surface area (Å²) >= 11 is 0. The van der Waals surface area contributed by atoms with E-state index in [-0.39, 0.29) is 24.7 Å². The third kappa shape index (κ3) is 6.82. The summed E-state index contributed by atoms with van der Waals surface area (Å²) in [5.74, 6) is -2.46. The zero-order chi connectivity index (χ0) is 35.6. The topological polar surface area (TPSA) is 117 Å². The molecule has 0 spiro atoms. The van der Waals surface area contributed by atoms with Crippen molar-refractivity contribution in [2.24, 2.45) is 4.99 Å². The lowest BCUT2D eigenvalue weighted by Crippen LogP contribution is -2.32. The Labute approximate surface area is 294 Å². The van der Waals surface area contributed by atoms with Gasteiger partial charge in [0, 0.05) is 50.5 Å². The average molecular weight is 678 g/mol. The van der Waals surface area contributed by atoms with Gasteiger partial charge in [-0.2, -0.15) is 0 Å². The summed E-state index contributed by atoms with van der Waals surface area (Å²) in [5, 5.41) is 10.9. The fraction of sp³-hybridized carbons (Fsp3) is 0.439. The van der Waals surface area contributed by atoms with E-state index in [1.54, 1.807) is 12.1 Å². The Balaban J connectivity index is 1.33. The van der Waals surface area contributed by atoms with Crippen molar-refractivity contribution in [3.8, 4) is 0 Å². The molecule has 9 heteroatoms. The Morgan fingerprint density at radius 3 is 2.46 bits per heavy atom. The van der Waals surface area contributed by atoms with E-state index in [1.807, 2.05) is 12.1 Å². The maximum atomic E-state index is 12.6. The maximum absolute atomic E-state index is 12.6. The first kappa shape index (κ1) is 35.1. The van der Waals surface area contributed by atoms with Crippen molar-refractivity contribution in [2.45, 2.75) is 96.8 Å². The molecule has 9 nitrogen and oxygen atoms in total. The van der Waals surface area contributed by atoms with Crippen LogP contribution in [0.25, 0.3) is 5.57 Å². The number of nitrogens with zero attached hydrogens (tertiary/aromatic N) is 3. The van der Waals surface area contributed by atoms with E-state index in [2.05, 4.69) is 57.0 Å². The van der Waals surface area contributed by atoms with Crippen molar-refractivity contribution in [3.05, 3.63) is 93.1 Å². The van der Waals surface area contributed by atoms with Gasteiger partial charge in [-0.05, 0) is 113 Å². The molecule has 6 rings (SSSR count). The number of aliphatic imine (C=N–C) groups is 1. The molecule has 2 amide bonds. The second kappa shape index (κ2) is 14.6. The average Bonchev–Trinajstić information content (AvgIpc) is 3.41. The first-order valence-corrected chi connectivity index (χ1v) is 18.0. The van der Waals surface area contributed by atoms with Crippen LogP contribution in [0.3, 0.4) is 0 Å². The van der Waals surface area contributed by atoms with Crippen LogP contribution in [-0.2, 0) is 31.1 Å². The van der Waals surface area contributed by atoms with Gasteiger partial charge in [-0.1, -0.05) is 51.8 Å². The summed E-state index contributed by atoms with van der Waals surface area (Å²) in [6.07, 6.45) is 11.8. The van der Waals surface area contributed by atoms with Crippen molar-refractivity contribution in [1.82, 2.24) is 5.06 Å². The number of hydrogen-bond acceptors (Lipinski definition) is 7. The number of carboxylic acid groups (broad SMARTS) is 1. The Morgan fingerprint density at radius 2 is 1.72 bits per heavy atom. The number of unbranched alkanes of at least 4 members (excludes halogenated alkanes) is 3. The van der Waals surface area contributed by atoms with E-state index >= 15 is 0 Å². The number of benzene rings is 2. The molecule has 2 heterocycles. The molecule has 2 aromatic carbocycles. The molecule has 0 unspecified atom stereocenters. The summed E-state index contributed by atoms with van der Waals surface area (Å²) < 4.78 is 0. The minimum absolute atomic E-state index is 0.0779. The molecule has 2 aromatic rings. The maximum Gasteiger partial charge on any atom is 0.336 e. The standard InChI is InChI=1S/C41H47N3O6/c1-5-6-13-26-22-30-32(24-34(26)42-20-11-7-8-17-38(47)50-44-36(45)18-19-37(44)46)41(2,3)33-25-35-27(14-12-21-43(35)4)23-31(33)39(30)28-15-9-10-16-29(28)40(48)49/h9-10,15-16,22-25H,5-8,11-14,17-21H2,1-4H3,(H,48,49). The molecule has 1 saturated heterocycles. The lowest BCUT2D eigenvalue weighted by atomic mass is 9.63. The summed E-state index contributed by atoms with van der Waals surface area (Å²) in [6.45, 7) is 8.29. The number of aromatic carboxylic acids is 1. The van der Waals surface area contributed by atoms with Gasteiger partial charge in [0.2, 0.25) is 0 Å². The van der Waals surface area contributed by atoms with Gasteiger partial charge in [-0.15, -0.1) is 5.06 Å². The molecule has 4 aliphatic rings. The first-order chi connectivity index (χ1) is 24.0. The fourth-order valence-corrected chi connectivity index (χ4v) is 7.64. The van der Waals surface area contributed by atoms with Gasteiger partial charge in [0.05, 0.1) is 11.3 Å². The van der Waals surface area contributed by atoms with Crippen LogP contribution in [0.15, 0.2) is 70.3 Å². The van der Waals surface area contributed by atoms with E-state index < -0.39 is 23.8 Å². The molecule has 2 aliphatic carbocycles. The number of anilines is 1. The molecule has 0 saturated carbocycles. The van der Waals surface area contributed by atoms with Crippen molar-refractivity contribution >= 4 is 40.7 Å². The van der Waals surface area contributed by atoms with Gasteiger partial charge >= 0.3 is 11.9 Å². The van der Waals surface area contributed by atoms with Crippen LogP contribution in [0.4, 0.5) is 5.69 Å². The highest BCUT2D eigenvalue weighted by Crippen LogP contribution is 2.52. The summed E-state index contributed by atoms with van der Waals surface area (Å²) in [6, 6.07) is 12.0. The van der Waals surface area contributed by atoms with Crippen LogP contribution < -0.4 is 4.90 Å². The molecule has 1 fully saturated rings. The second-order valence-corrected chi connectivity index (χ2v) is 14.3. The number of fused-ring (bicyclic) bond motifs is 3. The number of imide groups is 1. The number of carbonyl (C=O) groups excluding carboxylic acids is 3. The lowest BCUT2D eigenvalue weighted by Gasteiger charge is -2.42. The summed E-state index contributed by atoms with van der Waals surface area (Å²) in [4.78, 5) is 60.7. The van der Waals surface area contributed by atoms with Gasteiger partial charge in [0.1, 0.15) is 0 Å². The van der Waals surface area contributed by atoms with Crippen molar-refractivity contribution in [1.29, 1.82) is 0 Å². The molecule has 0 radical (unpaired) electrons. The largest absolute Gasteiger partial charge is 0.478 e. The number of allylic oxidation sites excluding steroid dienone is 5. The van der Waals surface area contributed by atoms with Gasteiger partial charge in [-0.3, -0.25) is 14.6 Å². The van der Waals surface area contributed by atoms with Crippen molar-refractivity contribution in [3.63, 3.8) is 0 Å². The van der Waals surface area contributed by atoms with E-state index in [4.69, 9.17) is 9.83 Å². The van der Waals surface area contributed by atoms with Crippen LogP contribution in [0.1, 0.15) is 118 Å². The van der Waals surface area contributed by atoms with Crippen LogP contribution in [0.5, 0.6) is 0 Å². The number of amides is 2. The molecule has 0 aromatic heterocycles. The highest BCUT2D eigenvalue weighted by Gasteiger charge is 2.40. The third-order valence-corrected chi connectivity index (χ3v) is 10.4. The second-order valence-electron chi connectivity index (χ2n) is 14.3. The van der Waals surface area contributed by atoms with E-state index in [1.165, 1.54) is 16.8 Å². The molecule has 0 atom stereocenters. The zero-order valence-electron chi connectivity index (χ0n) is 29.6. The van der Waals surface area contributed by atoms with E-state index in [9.17, 15) is 24.3 Å². The summed E-state index contributed by atoms with van der Waals surface area (Å²) in [7, 11) is 2.15. The van der Waals surface area contributed by atoms with Gasteiger partial charge in [-0.25, -0.2) is 9.59 Å². The Bertz CT molecular complexity index is 1850. The highest BCUT2D eigenvalue weighted by molar-refractivity contribution is 6.13. The van der Waals surface area contributed by atoms with Crippen LogP contribution >= 0.6 is 0 Å². The number of carbonyl (C=O) groups is 4. The normalized spacial score (nSPS) is 18.8. The monoisotopic (exact) mass is 677 g/mol. The van der Waals surface area contributed by atoms with Gasteiger partial charge < -0.3 is 14.8 Å². The van der Waals surface area contributed by atoms with E-state index in [0.29, 0.717) is 23.6 Å². The summed E-state index contributed by atoms with van der Waals surface area (Å²) in [5.41, 5.74) is 10.8. The van der Waals surface area contributed by atoms with Crippen molar-refractivity contribution in [2.75, 3.05) is 25.0 Å². The number of carboxylic acids is 1. The predicted molar refractivity (Wildman–Crippen MR) is 194 cm³/mol. The lowest BCUT2D eigenvalue weighted by molar-refractivity contribution is -0.197. The molecular weight excluding hydrogens is 630 g/mol. The SMILES string of the molecule is CCCCC1=CC2=C(c3ccccc3C(=O)O)c3cc4c(cc3C(C)(C)C2=CC1=NCCCCCC(=O)ON1C(=O)CCC1=O)N(C)CCC4. The zero-order valence-corrected chi connectivity index (χ0v) is 29.6. The molecule has 1 N–H and O–H groups in total. The van der Waals surface area contributed by atoms with Crippen molar-refractivity contribution < 1.29 is 29.1 Å². The Kier molecular flexibility index (Phi) is 10.2. The number of hydrogen-bond donors (Lipinski definition) is 1. The fourth-order valence-electron chi connectivity index (χ4n) is 7.64. The minimum Gasteiger partial charge on any atom is -0.478 e. The van der Waals surface area contributed by atoms with Crippen LogP contribution in [0, 0.1) is 0 Å².